The highest BCUT2D eigenvalue weighted by Gasteiger charge is 2.35. The van der Waals surface area contributed by atoms with Gasteiger partial charge in [-0.3, -0.25) is 4.98 Å². The van der Waals surface area contributed by atoms with Gasteiger partial charge in [0.15, 0.2) is 0 Å². The summed E-state index contributed by atoms with van der Waals surface area (Å²) in [4.78, 5) is 4.75. The lowest BCUT2D eigenvalue weighted by atomic mass is 9.95. The van der Waals surface area contributed by atoms with E-state index < -0.39 is 10.2 Å². The minimum atomic E-state index is -3.37. The zero-order valence-electron chi connectivity index (χ0n) is 17.7. The first-order chi connectivity index (χ1) is 14.5. The second-order valence-electron chi connectivity index (χ2n) is 8.09. The van der Waals surface area contributed by atoms with E-state index in [4.69, 9.17) is 9.72 Å². The van der Waals surface area contributed by atoms with Crippen LogP contribution in [0.25, 0.3) is 0 Å². The maximum atomic E-state index is 13.0. The molecule has 0 radical (unpaired) electrons. The molecule has 0 amide bonds. The Balaban J connectivity index is 1.53. The van der Waals surface area contributed by atoms with Gasteiger partial charge in [-0.25, -0.2) is 0 Å². The van der Waals surface area contributed by atoms with E-state index in [1.54, 1.807) is 15.7 Å². The predicted molar refractivity (Wildman–Crippen MR) is 119 cm³/mol. The molecule has 2 fully saturated rings. The third kappa shape index (κ3) is 4.61. The molecule has 1 atom stereocenters. The number of hydrogen-bond donors (Lipinski definition) is 1. The topological polar surface area (TPSA) is 74.8 Å². The number of aryl methyl sites for hydroxylation is 1. The van der Waals surface area contributed by atoms with Crippen LogP contribution in [0.1, 0.15) is 43.0 Å². The number of anilines is 2. The molecule has 0 aliphatic carbocycles. The molecular formula is C22H30N4O3S. The zero-order chi connectivity index (χ0) is 21.1. The highest BCUT2D eigenvalue weighted by molar-refractivity contribution is 7.86. The third-order valence-electron chi connectivity index (χ3n) is 5.85. The van der Waals surface area contributed by atoms with Gasteiger partial charge in [0, 0.05) is 60.9 Å². The van der Waals surface area contributed by atoms with Gasteiger partial charge in [0.05, 0.1) is 7.11 Å². The molecule has 2 aromatic rings. The van der Waals surface area contributed by atoms with Crippen molar-refractivity contribution in [2.24, 2.45) is 0 Å². The van der Waals surface area contributed by atoms with Crippen molar-refractivity contribution in [3.05, 3.63) is 47.8 Å². The van der Waals surface area contributed by atoms with E-state index in [9.17, 15) is 8.42 Å². The summed E-state index contributed by atoms with van der Waals surface area (Å²) in [6.45, 7) is 4.34. The summed E-state index contributed by atoms with van der Waals surface area (Å²) in [6.07, 6.45) is 3.71. The van der Waals surface area contributed by atoms with Crippen LogP contribution in [-0.4, -0.2) is 55.3 Å². The summed E-state index contributed by atoms with van der Waals surface area (Å²) in [5.41, 5.74) is 3.75. The van der Waals surface area contributed by atoms with E-state index in [0.29, 0.717) is 26.2 Å². The van der Waals surface area contributed by atoms with E-state index in [1.807, 2.05) is 43.3 Å². The predicted octanol–water partition coefficient (Wildman–Crippen LogP) is 3.66. The second kappa shape index (κ2) is 8.91. The van der Waals surface area contributed by atoms with Crippen molar-refractivity contribution in [3.8, 4) is 5.75 Å². The Bertz CT molecular complexity index is 990. The van der Waals surface area contributed by atoms with Crippen molar-refractivity contribution < 1.29 is 13.2 Å². The van der Waals surface area contributed by atoms with Crippen LogP contribution in [0.3, 0.4) is 0 Å². The molecule has 0 unspecified atom stereocenters. The Kier molecular flexibility index (Phi) is 6.26. The summed E-state index contributed by atoms with van der Waals surface area (Å²) in [5.74, 6) is 0.892. The van der Waals surface area contributed by atoms with E-state index in [1.165, 1.54) is 0 Å². The maximum absolute atomic E-state index is 13.0. The standard InChI is InChI=1S/C22H30N4O3S/c1-17-13-20(24-19-8-5-9-21(14-19)29-2)15-22(23-17)18-7-6-12-26(16-18)30(27,28)25-10-3-4-11-25/h5,8-9,13-15,18H,3-4,6-7,10-12,16H2,1-2H3,(H,23,24)/t18-/m1/s1. The highest BCUT2D eigenvalue weighted by atomic mass is 32.2. The first-order valence-corrected chi connectivity index (χ1v) is 12.0. The minimum absolute atomic E-state index is 0.0990. The van der Waals surface area contributed by atoms with E-state index in [0.717, 1.165) is 54.2 Å². The number of nitrogens with zero attached hydrogens (tertiary/aromatic N) is 3. The van der Waals surface area contributed by atoms with Crippen LogP contribution in [0.5, 0.6) is 5.75 Å². The van der Waals surface area contributed by atoms with Crippen molar-refractivity contribution in [1.82, 2.24) is 13.6 Å². The lowest BCUT2D eigenvalue weighted by Crippen LogP contribution is -2.46. The average Bonchev–Trinajstić information content (AvgIpc) is 3.29. The van der Waals surface area contributed by atoms with Gasteiger partial charge in [-0.2, -0.15) is 17.0 Å². The van der Waals surface area contributed by atoms with Crippen molar-refractivity contribution in [1.29, 1.82) is 0 Å². The van der Waals surface area contributed by atoms with Gasteiger partial charge in [0.25, 0.3) is 10.2 Å². The number of benzene rings is 1. The minimum Gasteiger partial charge on any atom is -0.497 e. The SMILES string of the molecule is COc1cccc(Nc2cc(C)nc([C@@H]3CCCN(S(=O)(=O)N4CCCC4)C3)c2)c1. The first kappa shape index (κ1) is 21.1. The molecule has 8 heteroatoms. The third-order valence-corrected chi connectivity index (χ3v) is 7.85. The summed E-state index contributed by atoms with van der Waals surface area (Å²) in [6, 6.07) is 11.8. The Morgan fingerprint density at radius 1 is 1.03 bits per heavy atom. The normalized spacial score (nSPS) is 20.9. The number of methoxy groups -OCH3 is 1. The van der Waals surface area contributed by atoms with Crippen LogP contribution in [0.15, 0.2) is 36.4 Å². The molecule has 7 nitrogen and oxygen atoms in total. The number of piperidine rings is 1. The molecule has 1 N–H and O–H groups in total. The number of nitrogens with one attached hydrogen (secondary N) is 1. The van der Waals surface area contributed by atoms with Gasteiger partial charge < -0.3 is 10.1 Å². The first-order valence-electron chi connectivity index (χ1n) is 10.6. The number of pyridine rings is 1. The lowest BCUT2D eigenvalue weighted by Gasteiger charge is -2.34. The Morgan fingerprint density at radius 2 is 1.80 bits per heavy atom. The number of rotatable bonds is 6. The van der Waals surface area contributed by atoms with E-state index in [2.05, 4.69) is 5.32 Å². The number of hydrogen-bond acceptors (Lipinski definition) is 5. The molecule has 0 bridgehead atoms. The van der Waals surface area contributed by atoms with Crippen molar-refractivity contribution in [2.75, 3.05) is 38.6 Å². The summed E-state index contributed by atoms with van der Waals surface area (Å²) < 4.78 is 34.6. The molecule has 0 spiro atoms. The van der Waals surface area contributed by atoms with Crippen LogP contribution < -0.4 is 10.1 Å². The van der Waals surface area contributed by atoms with Gasteiger partial charge in [-0.15, -0.1) is 0 Å². The summed E-state index contributed by atoms with van der Waals surface area (Å²) in [5, 5.41) is 3.43. The van der Waals surface area contributed by atoms with Gasteiger partial charge >= 0.3 is 0 Å². The maximum Gasteiger partial charge on any atom is 0.281 e. The van der Waals surface area contributed by atoms with Gasteiger partial charge in [0.2, 0.25) is 0 Å². The molecule has 2 aliphatic heterocycles. The fourth-order valence-electron chi connectivity index (χ4n) is 4.32. The molecule has 4 rings (SSSR count). The molecule has 2 aliphatic rings. The monoisotopic (exact) mass is 430 g/mol. The fourth-order valence-corrected chi connectivity index (χ4v) is 6.09. The zero-order valence-corrected chi connectivity index (χ0v) is 18.5. The van der Waals surface area contributed by atoms with E-state index >= 15 is 0 Å². The molecule has 0 saturated carbocycles. The number of ether oxygens (including phenoxy) is 1. The smallest absolute Gasteiger partial charge is 0.281 e. The Labute approximate surface area is 179 Å². The average molecular weight is 431 g/mol. The summed E-state index contributed by atoms with van der Waals surface area (Å²) >= 11 is 0. The molecular weight excluding hydrogens is 400 g/mol. The Hall–Kier alpha value is -2.16. The van der Waals surface area contributed by atoms with Crippen molar-refractivity contribution in [2.45, 2.75) is 38.5 Å². The molecule has 162 valence electrons. The van der Waals surface area contributed by atoms with Crippen LogP contribution >= 0.6 is 0 Å². The van der Waals surface area contributed by atoms with Crippen LogP contribution in [0, 0.1) is 6.92 Å². The lowest BCUT2D eigenvalue weighted by molar-refractivity contribution is 0.290. The summed E-state index contributed by atoms with van der Waals surface area (Å²) in [7, 11) is -1.72. The van der Waals surface area contributed by atoms with Crippen LogP contribution in [0.2, 0.25) is 0 Å². The van der Waals surface area contributed by atoms with Crippen molar-refractivity contribution in [3.63, 3.8) is 0 Å². The molecule has 3 heterocycles. The Morgan fingerprint density at radius 3 is 2.57 bits per heavy atom. The fraction of sp³-hybridized carbons (Fsp3) is 0.500. The van der Waals surface area contributed by atoms with Gasteiger partial charge in [-0.1, -0.05) is 6.07 Å². The quantitative estimate of drug-likeness (QED) is 0.757. The van der Waals surface area contributed by atoms with Gasteiger partial charge in [0.1, 0.15) is 5.75 Å². The van der Waals surface area contributed by atoms with E-state index in [-0.39, 0.29) is 5.92 Å². The van der Waals surface area contributed by atoms with Gasteiger partial charge in [-0.05, 0) is 56.9 Å². The molecule has 30 heavy (non-hydrogen) atoms. The molecule has 1 aromatic heterocycles. The molecule has 1 aromatic carbocycles. The largest absolute Gasteiger partial charge is 0.497 e. The van der Waals surface area contributed by atoms with Crippen LogP contribution in [-0.2, 0) is 10.2 Å². The van der Waals surface area contributed by atoms with Crippen molar-refractivity contribution >= 4 is 21.6 Å². The number of aromatic nitrogens is 1. The van der Waals surface area contributed by atoms with Crippen LogP contribution in [0.4, 0.5) is 11.4 Å². The highest BCUT2D eigenvalue weighted by Crippen LogP contribution is 2.31. The molecule has 2 saturated heterocycles. The second-order valence-corrected chi connectivity index (χ2v) is 10.0.